The molecule has 78 heavy (non-hydrogen) atoms. The minimum Gasteiger partial charge on any atom is -0.490 e. The van der Waals surface area contributed by atoms with Crippen LogP contribution in [0.2, 0.25) is 0 Å². The molecular weight excluding hydrogens is 1080 g/mol. The predicted molar refractivity (Wildman–Crippen MR) is 271 cm³/mol. The largest absolute Gasteiger partial charge is 0.490 e. The van der Waals surface area contributed by atoms with Crippen LogP contribution in [0.5, 0.6) is 11.5 Å². The van der Waals surface area contributed by atoms with Crippen molar-refractivity contribution < 1.29 is 86.0 Å². The lowest BCUT2D eigenvalue weighted by Gasteiger charge is -2.33. The van der Waals surface area contributed by atoms with Crippen LogP contribution in [0.1, 0.15) is 131 Å². The molecule has 0 radical (unpaired) electrons. The normalized spacial score (nSPS) is 22.5. The van der Waals surface area contributed by atoms with Crippen molar-refractivity contribution in [2.24, 2.45) is 23.7 Å². The van der Waals surface area contributed by atoms with Crippen LogP contribution in [-0.2, 0) is 38.0 Å². The number of aldehydes is 1. The maximum atomic E-state index is 14.5. The molecule has 22 heteroatoms. The van der Waals surface area contributed by atoms with E-state index < -0.39 is 65.6 Å². The van der Waals surface area contributed by atoms with E-state index in [9.17, 15) is 67.1 Å². The Hall–Kier alpha value is -5.02. The molecule has 2 heterocycles. The fraction of sp³-hybridized carbons (Fsp3) is 0.589. The summed E-state index contributed by atoms with van der Waals surface area (Å²) in [6.07, 6.45) is -15.1. The first-order valence-corrected chi connectivity index (χ1v) is 26.1. The molecule has 4 aliphatic rings. The van der Waals surface area contributed by atoms with E-state index in [2.05, 4.69) is 15.0 Å². The van der Waals surface area contributed by atoms with E-state index in [1.807, 2.05) is 0 Å². The summed E-state index contributed by atoms with van der Waals surface area (Å²) in [6, 6.07) is 14.7. The van der Waals surface area contributed by atoms with Gasteiger partial charge in [-0.1, -0.05) is 48.5 Å². The van der Waals surface area contributed by atoms with Crippen LogP contribution in [0.3, 0.4) is 0 Å². The van der Waals surface area contributed by atoms with E-state index in [0.29, 0.717) is 42.7 Å². The number of likely N-dealkylation sites (tertiary alicyclic amines) is 1. The van der Waals surface area contributed by atoms with Crippen LogP contribution >= 0.6 is 12.4 Å². The molecule has 9 nitrogen and oxygen atoms in total. The fourth-order valence-corrected chi connectivity index (χ4v) is 10.9. The van der Waals surface area contributed by atoms with Crippen molar-refractivity contribution >= 4 is 52.2 Å². The molecule has 0 amide bonds. The number of benzene rings is 4. The van der Waals surface area contributed by atoms with Crippen LogP contribution < -0.4 is 14.8 Å². The van der Waals surface area contributed by atoms with Crippen molar-refractivity contribution in [2.75, 3.05) is 33.3 Å². The number of ether oxygens (including phenoxy) is 4. The maximum absolute atomic E-state index is 14.5. The van der Waals surface area contributed by atoms with Crippen molar-refractivity contribution in [3.63, 3.8) is 0 Å². The second kappa shape index (κ2) is 27.9. The molecule has 0 aromatic heterocycles. The Morgan fingerprint density at radius 1 is 0.641 bits per heavy atom. The van der Waals surface area contributed by atoms with Gasteiger partial charge < -0.3 is 24.3 Å². The lowest BCUT2D eigenvalue weighted by Crippen LogP contribution is -2.36. The number of carbonyl (C=O) groups excluding carboxylic acids is 3. The Morgan fingerprint density at radius 3 is 1.62 bits per heavy atom. The number of hydrogen-bond acceptors (Lipinski definition) is 9. The molecule has 0 spiro atoms. The third kappa shape index (κ3) is 18.0. The monoisotopic (exact) mass is 1140 g/mol. The number of methoxy groups -OCH3 is 1. The summed E-state index contributed by atoms with van der Waals surface area (Å²) in [5, 5.41) is 3.70. The third-order valence-corrected chi connectivity index (χ3v) is 14.6. The second-order valence-corrected chi connectivity index (χ2v) is 20.7. The van der Waals surface area contributed by atoms with Crippen LogP contribution in [0, 0.1) is 23.7 Å². The summed E-state index contributed by atoms with van der Waals surface area (Å²) < 4.78 is 183. The Bertz CT molecular complexity index is 2590. The highest BCUT2D eigenvalue weighted by Crippen LogP contribution is 2.47. The number of carbonyl (C=O) groups is 3. The Balaban J connectivity index is 0.000000247. The maximum Gasteiger partial charge on any atom is 0.420 e. The number of piperidine rings is 2. The van der Waals surface area contributed by atoms with Gasteiger partial charge in [0.05, 0.1) is 37.3 Å². The van der Waals surface area contributed by atoms with E-state index in [0.717, 1.165) is 38.4 Å². The Kier molecular flexibility index (Phi) is 22.8. The Morgan fingerprint density at radius 2 is 1.14 bits per heavy atom. The molecule has 0 unspecified atom stereocenters. The van der Waals surface area contributed by atoms with E-state index in [4.69, 9.17) is 14.2 Å². The molecule has 1 N–H and O–H groups in total. The average molecular weight is 1140 g/mol. The summed E-state index contributed by atoms with van der Waals surface area (Å²) in [6.45, 7) is 7.18. The summed E-state index contributed by atoms with van der Waals surface area (Å²) in [4.78, 5) is 36.3. The van der Waals surface area contributed by atoms with Crippen molar-refractivity contribution in [3.8, 4) is 11.5 Å². The zero-order valence-electron chi connectivity index (χ0n) is 43.6. The van der Waals surface area contributed by atoms with Gasteiger partial charge in [-0.05, 0) is 151 Å². The van der Waals surface area contributed by atoms with Crippen molar-refractivity contribution in [1.29, 1.82) is 0 Å². The molecule has 2 saturated heterocycles. The van der Waals surface area contributed by atoms with Gasteiger partial charge in [-0.3, -0.25) is 19.3 Å². The highest BCUT2D eigenvalue weighted by molar-refractivity contribution is 6.01. The van der Waals surface area contributed by atoms with Crippen LogP contribution in [0.4, 0.5) is 52.7 Å². The van der Waals surface area contributed by atoms with Crippen molar-refractivity contribution in [1.82, 2.24) is 10.2 Å². The SMILES string of the molecule is CC(C)OC(=O)C[C@H]1CCCN(Cc2cccc3ccc(OC4CCC(C(F)(F)F)CC4)c(C(F)(F)F)c23)C1.COC(=O)C[C@H]1CCCNC1.Cl.O=Cc1cccc2ccc(OC3CCC(C(F)(F)F)CC3)c(C(F)(F)F)c12. The molecular formula is C56H67ClF12N2O7. The number of halogens is 13. The summed E-state index contributed by atoms with van der Waals surface area (Å²) in [7, 11) is 1.44. The molecule has 0 bridgehead atoms. The molecule has 434 valence electrons. The number of esters is 2. The molecule has 2 atom stereocenters. The standard InChI is InChI=1S/C29H35F6NO3.C19H16F6O2.C8H15NO2.ClH/c1-18(2)38-25(37)15-19-5-4-14-36(16-19)17-21-7-3-6-20-8-13-24(27(26(20)21)29(33,34)35)39-23-11-9-22(10-12-23)28(30,31)32;20-18(21,22)13-5-7-14(8-6-13)27-15-9-4-11-2-1-3-12(10-26)16(11)17(15)19(23,24)25;1-11-8(10)5-7-3-2-4-9-6-7;/h3,6-8,13,18-19,22-23H,4-5,9-12,14-17H2,1-2H3;1-4,9-10,13-14H,5-8H2;7,9H,2-6H2,1H3;1H/t19-,22?,23?;;7-;/m1.1./s1. The van der Waals surface area contributed by atoms with E-state index in [1.165, 1.54) is 43.9 Å². The first-order valence-electron chi connectivity index (χ1n) is 26.1. The summed E-state index contributed by atoms with van der Waals surface area (Å²) in [5.41, 5.74) is -1.58. The number of hydrogen-bond donors (Lipinski definition) is 1. The molecule has 2 aliphatic carbocycles. The average Bonchev–Trinajstić information content (AvgIpc) is 3.47. The minimum atomic E-state index is -4.78. The first-order chi connectivity index (χ1) is 36.2. The van der Waals surface area contributed by atoms with Gasteiger partial charge in [0.2, 0.25) is 0 Å². The van der Waals surface area contributed by atoms with Gasteiger partial charge in [-0.15, -0.1) is 12.4 Å². The van der Waals surface area contributed by atoms with E-state index in [1.54, 1.807) is 38.1 Å². The zero-order valence-corrected chi connectivity index (χ0v) is 44.4. The molecule has 2 saturated carbocycles. The van der Waals surface area contributed by atoms with Gasteiger partial charge in [-0.25, -0.2) is 0 Å². The second-order valence-electron chi connectivity index (χ2n) is 20.7. The molecule has 2 aliphatic heterocycles. The lowest BCUT2D eigenvalue weighted by atomic mass is 9.87. The van der Waals surface area contributed by atoms with Gasteiger partial charge in [0.15, 0.2) is 6.29 Å². The van der Waals surface area contributed by atoms with Gasteiger partial charge in [0, 0.05) is 42.3 Å². The number of nitrogens with zero attached hydrogens (tertiary/aromatic N) is 1. The van der Waals surface area contributed by atoms with Crippen molar-refractivity contribution in [3.05, 3.63) is 82.9 Å². The molecule has 8 rings (SSSR count). The van der Waals surface area contributed by atoms with Gasteiger partial charge in [0.1, 0.15) is 22.6 Å². The van der Waals surface area contributed by atoms with E-state index in [-0.39, 0.29) is 128 Å². The number of fused-ring (bicyclic) bond motifs is 2. The Labute approximate surface area is 451 Å². The van der Waals surface area contributed by atoms with Crippen LogP contribution in [0.15, 0.2) is 60.7 Å². The van der Waals surface area contributed by atoms with Crippen molar-refractivity contribution in [2.45, 2.75) is 153 Å². The van der Waals surface area contributed by atoms with Crippen LogP contribution in [-0.4, -0.2) is 87.1 Å². The fourth-order valence-electron chi connectivity index (χ4n) is 10.9. The molecule has 4 aromatic rings. The highest BCUT2D eigenvalue weighted by atomic mass is 35.5. The zero-order chi connectivity index (χ0) is 56.3. The van der Waals surface area contributed by atoms with Gasteiger partial charge in [-0.2, -0.15) is 52.7 Å². The minimum absolute atomic E-state index is 0. The first kappa shape index (κ1) is 63.8. The smallest absolute Gasteiger partial charge is 0.420 e. The van der Waals surface area contributed by atoms with Gasteiger partial charge in [0.25, 0.3) is 0 Å². The number of alkyl halides is 12. The number of nitrogens with one attached hydrogen (secondary N) is 1. The molecule has 4 fully saturated rings. The topological polar surface area (TPSA) is 103 Å². The molecule has 4 aromatic carbocycles. The summed E-state index contributed by atoms with van der Waals surface area (Å²) >= 11 is 0. The lowest BCUT2D eigenvalue weighted by molar-refractivity contribution is -0.186. The van der Waals surface area contributed by atoms with Crippen LogP contribution in [0.25, 0.3) is 21.5 Å². The quantitative estimate of drug-likeness (QED) is 0.0844. The van der Waals surface area contributed by atoms with Gasteiger partial charge >= 0.3 is 36.6 Å². The summed E-state index contributed by atoms with van der Waals surface area (Å²) in [5.74, 6) is -3.48. The number of rotatable bonds is 12. The van der Waals surface area contributed by atoms with E-state index >= 15 is 0 Å². The predicted octanol–water partition coefficient (Wildman–Crippen LogP) is 15.1. The third-order valence-electron chi connectivity index (χ3n) is 14.6. The highest BCUT2D eigenvalue weighted by Gasteiger charge is 2.45.